The van der Waals surface area contributed by atoms with E-state index in [1.807, 2.05) is 0 Å². The highest BCUT2D eigenvalue weighted by atomic mass is 19.1. The van der Waals surface area contributed by atoms with Gasteiger partial charge in [0, 0.05) is 18.7 Å². The first-order valence-electron chi connectivity index (χ1n) is 7.54. The van der Waals surface area contributed by atoms with Crippen LogP contribution in [0.25, 0.3) is 0 Å². The average molecular weight is 281 g/mol. The van der Waals surface area contributed by atoms with Crippen LogP contribution in [0, 0.1) is 23.0 Å². The Bertz CT molecular complexity index is 431. The van der Waals surface area contributed by atoms with Crippen LogP contribution in [-0.4, -0.2) is 6.04 Å². The lowest BCUT2D eigenvalue weighted by atomic mass is 9.69. The van der Waals surface area contributed by atoms with Gasteiger partial charge in [0.2, 0.25) is 0 Å². The third-order valence-electron chi connectivity index (χ3n) is 4.37. The van der Waals surface area contributed by atoms with Crippen LogP contribution in [-0.2, 0) is 6.54 Å². The van der Waals surface area contributed by atoms with Crippen molar-refractivity contribution < 1.29 is 8.78 Å². The van der Waals surface area contributed by atoms with Gasteiger partial charge in [0.15, 0.2) is 0 Å². The van der Waals surface area contributed by atoms with Crippen LogP contribution in [0.2, 0.25) is 0 Å². The number of nitrogens with one attached hydrogen (secondary N) is 1. The molecule has 1 aromatic rings. The lowest BCUT2D eigenvalue weighted by Gasteiger charge is -2.41. The molecule has 1 fully saturated rings. The van der Waals surface area contributed by atoms with Gasteiger partial charge in [-0.15, -0.1) is 0 Å². The number of hydrogen-bond acceptors (Lipinski definition) is 1. The van der Waals surface area contributed by atoms with E-state index < -0.39 is 11.6 Å². The molecule has 1 aliphatic carbocycles. The van der Waals surface area contributed by atoms with E-state index in [2.05, 4.69) is 26.1 Å². The van der Waals surface area contributed by atoms with Crippen molar-refractivity contribution in [3.63, 3.8) is 0 Å². The fourth-order valence-electron chi connectivity index (χ4n) is 3.37. The second-order valence-corrected chi connectivity index (χ2v) is 7.02. The molecule has 1 aliphatic rings. The Labute approximate surface area is 120 Å². The fraction of sp³-hybridized carbons (Fsp3) is 0.647. The minimum Gasteiger partial charge on any atom is -0.310 e. The van der Waals surface area contributed by atoms with Crippen LogP contribution in [0.1, 0.15) is 52.0 Å². The van der Waals surface area contributed by atoms with Gasteiger partial charge < -0.3 is 5.32 Å². The van der Waals surface area contributed by atoms with Crippen LogP contribution in [0.15, 0.2) is 18.2 Å². The quantitative estimate of drug-likeness (QED) is 0.849. The number of rotatable bonds is 3. The molecule has 1 N–H and O–H groups in total. The molecule has 20 heavy (non-hydrogen) atoms. The maximum absolute atomic E-state index is 13.2. The van der Waals surface area contributed by atoms with Gasteiger partial charge in [-0.25, -0.2) is 8.78 Å². The van der Waals surface area contributed by atoms with Crippen molar-refractivity contribution in [2.24, 2.45) is 11.3 Å². The molecule has 2 unspecified atom stereocenters. The van der Waals surface area contributed by atoms with E-state index in [0.29, 0.717) is 24.1 Å². The SMILES string of the molecule is CC(C)(C)C1CCCCC1NCc1cc(F)cc(F)c1. The van der Waals surface area contributed by atoms with Crippen LogP contribution in [0.5, 0.6) is 0 Å². The van der Waals surface area contributed by atoms with Gasteiger partial charge in [0.05, 0.1) is 0 Å². The normalized spacial score (nSPS) is 23.9. The van der Waals surface area contributed by atoms with Gasteiger partial charge >= 0.3 is 0 Å². The second kappa shape index (κ2) is 6.21. The van der Waals surface area contributed by atoms with Gasteiger partial charge in [-0.2, -0.15) is 0 Å². The topological polar surface area (TPSA) is 12.0 Å². The van der Waals surface area contributed by atoms with Crippen LogP contribution >= 0.6 is 0 Å². The summed E-state index contributed by atoms with van der Waals surface area (Å²) in [6.07, 6.45) is 4.91. The summed E-state index contributed by atoms with van der Waals surface area (Å²) in [6, 6.07) is 4.17. The molecule has 1 aromatic carbocycles. The molecule has 2 rings (SSSR count). The van der Waals surface area contributed by atoms with E-state index in [1.54, 1.807) is 0 Å². The Morgan fingerprint density at radius 2 is 1.65 bits per heavy atom. The van der Waals surface area contributed by atoms with Crippen LogP contribution in [0.3, 0.4) is 0 Å². The molecule has 0 aliphatic heterocycles. The zero-order valence-corrected chi connectivity index (χ0v) is 12.7. The lowest BCUT2D eigenvalue weighted by Crippen LogP contribution is -2.43. The molecule has 0 spiro atoms. The van der Waals surface area contributed by atoms with Gasteiger partial charge in [0.1, 0.15) is 11.6 Å². The van der Waals surface area contributed by atoms with E-state index in [-0.39, 0.29) is 5.41 Å². The monoisotopic (exact) mass is 281 g/mol. The van der Waals surface area contributed by atoms with Gasteiger partial charge in [-0.1, -0.05) is 33.6 Å². The summed E-state index contributed by atoms with van der Waals surface area (Å²) in [4.78, 5) is 0. The van der Waals surface area contributed by atoms with Crippen LogP contribution < -0.4 is 5.32 Å². The van der Waals surface area contributed by atoms with Crippen molar-refractivity contribution in [3.8, 4) is 0 Å². The number of benzene rings is 1. The van der Waals surface area contributed by atoms with E-state index in [4.69, 9.17) is 0 Å². The van der Waals surface area contributed by atoms with Crippen molar-refractivity contribution >= 4 is 0 Å². The zero-order chi connectivity index (χ0) is 14.8. The first-order chi connectivity index (χ1) is 9.36. The summed E-state index contributed by atoms with van der Waals surface area (Å²) < 4.78 is 26.4. The van der Waals surface area contributed by atoms with Crippen molar-refractivity contribution in [2.75, 3.05) is 0 Å². The Morgan fingerprint density at radius 1 is 1.05 bits per heavy atom. The maximum Gasteiger partial charge on any atom is 0.126 e. The zero-order valence-electron chi connectivity index (χ0n) is 12.7. The van der Waals surface area contributed by atoms with E-state index >= 15 is 0 Å². The molecule has 0 radical (unpaired) electrons. The third-order valence-corrected chi connectivity index (χ3v) is 4.37. The molecule has 0 saturated heterocycles. The first kappa shape index (κ1) is 15.4. The van der Waals surface area contributed by atoms with Crippen molar-refractivity contribution in [3.05, 3.63) is 35.4 Å². The highest BCUT2D eigenvalue weighted by Crippen LogP contribution is 2.38. The minimum atomic E-state index is -0.502. The van der Waals surface area contributed by atoms with E-state index in [1.165, 1.54) is 31.4 Å². The summed E-state index contributed by atoms with van der Waals surface area (Å²) in [7, 11) is 0. The standard InChI is InChI=1S/C17H25F2N/c1-17(2,3)15-6-4-5-7-16(15)20-11-12-8-13(18)10-14(19)9-12/h8-10,15-16,20H,4-7,11H2,1-3H3. The summed E-state index contributed by atoms with van der Waals surface area (Å²) >= 11 is 0. The Balaban J connectivity index is 2.01. The van der Waals surface area contributed by atoms with Gasteiger partial charge in [-0.3, -0.25) is 0 Å². The highest BCUT2D eigenvalue weighted by Gasteiger charge is 2.33. The Hall–Kier alpha value is -0.960. The summed E-state index contributed by atoms with van der Waals surface area (Å²) in [5.74, 6) is -0.384. The molecule has 1 nitrogen and oxygen atoms in total. The van der Waals surface area contributed by atoms with Gasteiger partial charge in [0.25, 0.3) is 0 Å². The third kappa shape index (κ3) is 4.02. The number of hydrogen-bond donors (Lipinski definition) is 1. The van der Waals surface area contributed by atoms with E-state index in [0.717, 1.165) is 12.5 Å². The Morgan fingerprint density at radius 3 is 2.25 bits per heavy atom. The predicted octanol–water partition coefficient (Wildman–Crippen LogP) is 4.66. The molecule has 0 bridgehead atoms. The van der Waals surface area contributed by atoms with Crippen LogP contribution in [0.4, 0.5) is 8.78 Å². The summed E-state index contributed by atoms with van der Waals surface area (Å²) in [6.45, 7) is 7.37. The Kier molecular flexibility index (Phi) is 4.79. The molecule has 0 aromatic heterocycles. The molecule has 112 valence electrons. The fourth-order valence-corrected chi connectivity index (χ4v) is 3.37. The lowest BCUT2D eigenvalue weighted by molar-refractivity contribution is 0.130. The van der Waals surface area contributed by atoms with Gasteiger partial charge in [-0.05, 0) is 41.9 Å². The molecule has 3 heteroatoms. The first-order valence-corrected chi connectivity index (χ1v) is 7.54. The molecule has 0 amide bonds. The minimum absolute atomic E-state index is 0.269. The molecular formula is C17H25F2N. The maximum atomic E-state index is 13.2. The second-order valence-electron chi connectivity index (χ2n) is 7.02. The van der Waals surface area contributed by atoms with Crippen molar-refractivity contribution in [1.29, 1.82) is 0 Å². The summed E-state index contributed by atoms with van der Waals surface area (Å²) in [5.41, 5.74) is 0.950. The largest absolute Gasteiger partial charge is 0.310 e. The smallest absolute Gasteiger partial charge is 0.126 e. The molecular weight excluding hydrogens is 256 g/mol. The predicted molar refractivity (Wildman–Crippen MR) is 78.4 cm³/mol. The molecule has 0 heterocycles. The summed E-state index contributed by atoms with van der Waals surface area (Å²) in [5, 5.41) is 3.52. The average Bonchev–Trinajstić information content (AvgIpc) is 2.34. The number of halogens is 2. The van der Waals surface area contributed by atoms with Crippen molar-refractivity contribution in [2.45, 2.75) is 59.0 Å². The van der Waals surface area contributed by atoms with Crippen molar-refractivity contribution in [1.82, 2.24) is 5.32 Å². The molecule has 1 saturated carbocycles. The molecule has 2 atom stereocenters. The van der Waals surface area contributed by atoms with E-state index in [9.17, 15) is 8.78 Å². The highest BCUT2D eigenvalue weighted by molar-refractivity contribution is 5.17.